The number of carbonyl (C=O) groups excluding carboxylic acids is 1. The van der Waals surface area contributed by atoms with Crippen LogP contribution in [-0.2, 0) is 16.1 Å². The van der Waals surface area contributed by atoms with Crippen LogP contribution in [0.1, 0.15) is 25.8 Å². The zero-order valence-electron chi connectivity index (χ0n) is 12.6. The number of pyridine rings is 1. The van der Waals surface area contributed by atoms with Gasteiger partial charge in [0.1, 0.15) is 0 Å². The molecule has 1 spiro atoms. The Morgan fingerprint density at radius 3 is 3.05 bits per heavy atom. The molecule has 4 nitrogen and oxygen atoms in total. The third kappa shape index (κ3) is 3.24. The van der Waals surface area contributed by atoms with Crippen molar-refractivity contribution in [3.63, 3.8) is 0 Å². The Hall–Kier alpha value is -1.07. The zero-order valence-corrected chi connectivity index (χ0v) is 13.4. The van der Waals surface area contributed by atoms with Gasteiger partial charge in [-0.25, -0.2) is 0 Å². The second-order valence-electron chi connectivity index (χ2n) is 6.34. The third-order valence-electron chi connectivity index (χ3n) is 4.15. The van der Waals surface area contributed by atoms with E-state index in [1.165, 1.54) is 0 Å². The van der Waals surface area contributed by atoms with Crippen LogP contribution in [-0.4, -0.2) is 45.5 Å². The summed E-state index contributed by atoms with van der Waals surface area (Å²) in [6.07, 6.45) is 4.98. The van der Waals surface area contributed by atoms with Crippen LogP contribution in [0.4, 0.5) is 0 Å². The van der Waals surface area contributed by atoms with Crippen LogP contribution >= 0.6 is 11.8 Å². The lowest BCUT2D eigenvalue weighted by Gasteiger charge is -2.48. The molecule has 114 valence electrons. The minimum absolute atomic E-state index is 0.103. The molecule has 1 atom stereocenters. The van der Waals surface area contributed by atoms with Gasteiger partial charge in [-0.1, -0.05) is 19.9 Å². The van der Waals surface area contributed by atoms with E-state index in [2.05, 4.69) is 4.98 Å². The zero-order chi connectivity index (χ0) is 14.9. The Labute approximate surface area is 130 Å². The molecule has 3 heterocycles. The molecule has 2 saturated heterocycles. The molecule has 21 heavy (non-hydrogen) atoms. The minimum atomic E-state index is 0.103. The van der Waals surface area contributed by atoms with E-state index >= 15 is 0 Å². The van der Waals surface area contributed by atoms with Crippen molar-refractivity contribution in [3.8, 4) is 0 Å². The van der Waals surface area contributed by atoms with Gasteiger partial charge in [0.25, 0.3) is 0 Å². The molecule has 2 aliphatic rings. The first-order valence-electron chi connectivity index (χ1n) is 7.51. The van der Waals surface area contributed by atoms with Crippen molar-refractivity contribution in [3.05, 3.63) is 30.1 Å². The van der Waals surface area contributed by atoms with Crippen LogP contribution in [0, 0.1) is 5.92 Å². The van der Waals surface area contributed by atoms with Gasteiger partial charge in [-0.15, -0.1) is 11.8 Å². The number of nitrogens with zero attached hydrogens (tertiary/aromatic N) is 2. The molecule has 0 aliphatic carbocycles. The Balaban J connectivity index is 1.46. The first kappa shape index (κ1) is 14.9. The third-order valence-corrected chi connectivity index (χ3v) is 5.72. The van der Waals surface area contributed by atoms with Gasteiger partial charge in [0.05, 0.1) is 17.5 Å². The monoisotopic (exact) mass is 306 g/mol. The molecule has 0 saturated carbocycles. The van der Waals surface area contributed by atoms with Crippen LogP contribution in [0.15, 0.2) is 24.5 Å². The van der Waals surface area contributed by atoms with Crippen LogP contribution in [0.2, 0.25) is 0 Å². The lowest BCUT2D eigenvalue weighted by atomic mass is 9.92. The highest BCUT2D eigenvalue weighted by Crippen LogP contribution is 2.46. The largest absolute Gasteiger partial charge is 0.373 e. The van der Waals surface area contributed by atoms with Crippen LogP contribution in [0.25, 0.3) is 0 Å². The van der Waals surface area contributed by atoms with Crippen LogP contribution in [0.5, 0.6) is 0 Å². The molecule has 0 N–H and O–H groups in total. The molecular formula is C16H22N2O2S. The predicted octanol–water partition coefficient (Wildman–Crippen LogP) is 2.34. The van der Waals surface area contributed by atoms with Crippen molar-refractivity contribution < 1.29 is 9.53 Å². The summed E-state index contributed by atoms with van der Waals surface area (Å²) in [5.41, 5.74) is 1.12. The highest BCUT2D eigenvalue weighted by atomic mass is 32.2. The van der Waals surface area contributed by atoms with Gasteiger partial charge in [0, 0.05) is 37.2 Å². The topological polar surface area (TPSA) is 42.4 Å². The van der Waals surface area contributed by atoms with Gasteiger partial charge < -0.3 is 9.64 Å². The van der Waals surface area contributed by atoms with E-state index in [1.807, 2.05) is 48.8 Å². The van der Waals surface area contributed by atoms with Crippen molar-refractivity contribution in [2.45, 2.75) is 37.7 Å². The van der Waals surface area contributed by atoms with Crippen molar-refractivity contribution in [1.82, 2.24) is 9.88 Å². The number of rotatable bonds is 4. The smallest absolute Gasteiger partial charge is 0.225 e. The highest BCUT2D eigenvalue weighted by molar-refractivity contribution is 8.01. The molecule has 0 radical (unpaired) electrons. The SMILES string of the molecule is CC(C)C(=O)N1CC2(C[C@H](OCc3cccnc3)CS2)C1. The maximum absolute atomic E-state index is 11.9. The van der Waals surface area contributed by atoms with Gasteiger partial charge in [-0.3, -0.25) is 9.78 Å². The second kappa shape index (κ2) is 5.97. The quantitative estimate of drug-likeness (QED) is 0.856. The Bertz CT molecular complexity index is 500. The van der Waals surface area contributed by atoms with Crippen LogP contribution < -0.4 is 0 Å². The summed E-state index contributed by atoms with van der Waals surface area (Å²) in [5.74, 6) is 1.41. The summed E-state index contributed by atoms with van der Waals surface area (Å²) in [6, 6.07) is 3.97. The first-order chi connectivity index (χ1) is 10.1. The van der Waals surface area contributed by atoms with E-state index < -0.39 is 0 Å². The lowest BCUT2D eigenvalue weighted by molar-refractivity contribution is -0.140. The summed E-state index contributed by atoms with van der Waals surface area (Å²) in [4.78, 5) is 18.0. The van der Waals surface area contributed by atoms with Crippen molar-refractivity contribution >= 4 is 17.7 Å². The number of thioether (sulfide) groups is 1. The van der Waals surface area contributed by atoms with Gasteiger partial charge >= 0.3 is 0 Å². The Kier molecular flexibility index (Phi) is 4.22. The maximum Gasteiger partial charge on any atom is 0.225 e. The highest BCUT2D eigenvalue weighted by Gasteiger charge is 2.51. The molecule has 2 aliphatic heterocycles. The van der Waals surface area contributed by atoms with Gasteiger partial charge in [0.2, 0.25) is 5.91 Å². The molecule has 5 heteroatoms. The fourth-order valence-corrected chi connectivity index (χ4v) is 4.55. The first-order valence-corrected chi connectivity index (χ1v) is 8.50. The van der Waals surface area contributed by atoms with E-state index in [1.54, 1.807) is 6.20 Å². The normalized spacial score (nSPS) is 23.6. The average Bonchev–Trinajstić information content (AvgIpc) is 2.88. The summed E-state index contributed by atoms with van der Waals surface area (Å²) in [6.45, 7) is 6.34. The molecule has 0 bridgehead atoms. The number of likely N-dealkylation sites (tertiary alicyclic amines) is 1. The average molecular weight is 306 g/mol. The van der Waals surface area contributed by atoms with E-state index in [0.717, 1.165) is 30.8 Å². The Morgan fingerprint density at radius 2 is 2.38 bits per heavy atom. The fraction of sp³-hybridized carbons (Fsp3) is 0.625. The number of ether oxygens (including phenoxy) is 1. The molecule has 1 aromatic rings. The van der Waals surface area contributed by atoms with Gasteiger partial charge in [-0.05, 0) is 18.1 Å². The summed E-state index contributed by atoms with van der Waals surface area (Å²) in [7, 11) is 0. The number of hydrogen-bond donors (Lipinski definition) is 0. The van der Waals surface area contributed by atoms with Crippen molar-refractivity contribution in [1.29, 1.82) is 0 Å². The summed E-state index contributed by atoms with van der Waals surface area (Å²) >= 11 is 1.97. The van der Waals surface area contributed by atoms with E-state index in [-0.39, 0.29) is 16.6 Å². The van der Waals surface area contributed by atoms with Crippen molar-refractivity contribution in [2.24, 2.45) is 5.92 Å². The van der Waals surface area contributed by atoms with E-state index in [0.29, 0.717) is 12.7 Å². The molecule has 1 aromatic heterocycles. The van der Waals surface area contributed by atoms with E-state index in [4.69, 9.17) is 4.74 Å². The number of hydrogen-bond acceptors (Lipinski definition) is 4. The second-order valence-corrected chi connectivity index (χ2v) is 7.83. The lowest BCUT2D eigenvalue weighted by Crippen LogP contribution is -2.61. The summed E-state index contributed by atoms with van der Waals surface area (Å²) < 4.78 is 6.25. The minimum Gasteiger partial charge on any atom is -0.373 e. The van der Waals surface area contributed by atoms with Crippen LogP contribution in [0.3, 0.4) is 0 Å². The summed E-state index contributed by atoms with van der Waals surface area (Å²) in [5, 5.41) is 0. The molecule has 0 aromatic carbocycles. The fourth-order valence-electron chi connectivity index (χ4n) is 3.00. The van der Waals surface area contributed by atoms with Crippen molar-refractivity contribution in [2.75, 3.05) is 18.8 Å². The van der Waals surface area contributed by atoms with E-state index in [9.17, 15) is 4.79 Å². The maximum atomic E-state index is 11.9. The predicted molar refractivity (Wildman–Crippen MR) is 84.0 cm³/mol. The number of amides is 1. The Morgan fingerprint density at radius 1 is 1.57 bits per heavy atom. The molecule has 1 amide bonds. The van der Waals surface area contributed by atoms with Gasteiger partial charge in [0.15, 0.2) is 0 Å². The number of aromatic nitrogens is 1. The number of carbonyl (C=O) groups is 1. The van der Waals surface area contributed by atoms with Gasteiger partial charge in [-0.2, -0.15) is 0 Å². The molecule has 2 fully saturated rings. The molecule has 3 rings (SSSR count). The molecular weight excluding hydrogens is 284 g/mol. The standard InChI is InChI=1S/C16H22N2O2S/c1-12(2)15(19)18-10-16(11-18)6-14(9-21-16)20-8-13-4-3-5-17-7-13/h3-5,7,12,14H,6,8-11H2,1-2H3/t14-/m0/s1. The molecule has 0 unspecified atom stereocenters.